The maximum atomic E-state index is 12.9. The van der Waals surface area contributed by atoms with Gasteiger partial charge >= 0.3 is 5.97 Å². The lowest BCUT2D eigenvalue weighted by Crippen LogP contribution is -2.35. The van der Waals surface area contributed by atoms with Crippen LogP contribution in [-0.2, 0) is 9.53 Å². The molecule has 7 nitrogen and oxygen atoms in total. The Morgan fingerprint density at radius 2 is 1.69 bits per heavy atom. The highest BCUT2D eigenvalue weighted by Crippen LogP contribution is 2.26. The Hall–Kier alpha value is -2.93. The molecule has 0 spiro atoms. The Morgan fingerprint density at radius 3 is 2.15 bits per heavy atom. The predicted molar refractivity (Wildman–Crippen MR) is 93.2 cm³/mol. The van der Waals surface area contributed by atoms with E-state index in [4.69, 9.17) is 14.2 Å². The van der Waals surface area contributed by atoms with Crippen molar-refractivity contribution in [1.82, 2.24) is 4.98 Å². The monoisotopic (exact) mass is 359 g/mol. The molecule has 1 N–H and O–H groups in total. The summed E-state index contributed by atoms with van der Waals surface area (Å²) in [5.74, 6) is -0.424. The zero-order valence-corrected chi connectivity index (χ0v) is 15.1. The van der Waals surface area contributed by atoms with E-state index < -0.39 is 23.5 Å². The molecule has 0 aliphatic heterocycles. The van der Waals surface area contributed by atoms with Gasteiger partial charge in [-0.05, 0) is 32.0 Å². The summed E-state index contributed by atoms with van der Waals surface area (Å²) < 4.78 is 15.4. The normalized spacial score (nSPS) is 12.2. The van der Waals surface area contributed by atoms with Crippen LogP contribution < -0.4 is 9.47 Å². The van der Waals surface area contributed by atoms with Crippen molar-refractivity contribution >= 4 is 11.8 Å². The molecule has 138 valence electrons. The molecule has 0 aliphatic rings. The molecule has 1 heterocycles. The second-order valence-corrected chi connectivity index (χ2v) is 6.07. The number of rotatable bonds is 7. The van der Waals surface area contributed by atoms with Crippen LogP contribution in [0.2, 0.25) is 0 Å². The van der Waals surface area contributed by atoms with E-state index in [1.165, 1.54) is 46.4 Å². The topological polar surface area (TPSA) is 95.0 Å². The smallest absolute Gasteiger partial charge is 0.338 e. The number of ketones is 1. The predicted octanol–water partition coefficient (Wildman–Crippen LogP) is 2.34. The molecule has 26 heavy (non-hydrogen) atoms. The Morgan fingerprint density at radius 1 is 1.04 bits per heavy atom. The molecule has 0 bridgehead atoms. The van der Waals surface area contributed by atoms with Gasteiger partial charge in [-0.15, -0.1) is 0 Å². The van der Waals surface area contributed by atoms with Gasteiger partial charge < -0.3 is 19.3 Å². The second-order valence-electron chi connectivity index (χ2n) is 6.07. The number of hydrogen-bond donors (Lipinski definition) is 1. The van der Waals surface area contributed by atoms with Gasteiger partial charge in [0.1, 0.15) is 5.75 Å². The number of pyridine rings is 1. The number of ether oxygens (including phenoxy) is 3. The summed E-state index contributed by atoms with van der Waals surface area (Å²) in [6, 6.07) is 9.62. The number of carbonyl (C=O) groups is 2. The second kappa shape index (κ2) is 7.97. The van der Waals surface area contributed by atoms with Crippen molar-refractivity contribution in [2.75, 3.05) is 14.2 Å². The fraction of sp³-hybridized carbons (Fsp3) is 0.316. The first kappa shape index (κ1) is 19.4. The Kier molecular flexibility index (Phi) is 5.94. The number of hydrogen-bond acceptors (Lipinski definition) is 7. The van der Waals surface area contributed by atoms with Crippen LogP contribution >= 0.6 is 0 Å². The quantitative estimate of drug-likeness (QED) is 0.599. The van der Waals surface area contributed by atoms with Gasteiger partial charge in [0.05, 0.1) is 14.2 Å². The summed E-state index contributed by atoms with van der Waals surface area (Å²) in [6.45, 7) is 2.58. The summed E-state index contributed by atoms with van der Waals surface area (Å²) in [7, 11) is 2.99. The lowest BCUT2D eigenvalue weighted by Gasteiger charge is -2.22. The van der Waals surface area contributed by atoms with Gasteiger partial charge in [-0.25, -0.2) is 9.78 Å². The molecule has 0 saturated carbocycles. The molecule has 0 amide bonds. The van der Waals surface area contributed by atoms with E-state index in [9.17, 15) is 14.7 Å². The molecule has 1 atom stereocenters. The number of nitrogens with zero attached hydrogens (tertiary/aromatic N) is 1. The van der Waals surface area contributed by atoms with E-state index in [-0.39, 0.29) is 5.56 Å². The highest BCUT2D eigenvalue weighted by Gasteiger charge is 2.33. The summed E-state index contributed by atoms with van der Waals surface area (Å²) in [4.78, 5) is 29.0. The Balaban J connectivity index is 2.37. The van der Waals surface area contributed by atoms with Crippen molar-refractivity contribution in [3.8, 4) is 11.6 Å². The van der Waals surface area contributed by atoms with E-state index in [2.05, 4.69) is 4.98 Å². The van der Waals surface area contributed by atoms with Crippen molar-refractivity contribution < 1.29 is 28.9 Å². The highest BCUT2D eigenvalue weighted by atomic mass is 16.6. The fourth-order valence-electron chi connectivity index (χ4n) is 2.10. The molecular weight excluding hydrogens is 338 g/mol. The third-order valence-corrected chi connectivity index (χ3v) is 3.61. The first-order valence-corrected chi connectivity index (χ1v) is 7.88. The number of methoxy groups -OCH3 is 2. The number of benzene rings is 1. The molecule has 0 saturated heterocycles. The van der Waals surface area contributed by atoms with E-state index >= 15 is 0 Å². The van der Waals surface area contributed by atoms with Crippen LogP contribution in [0.4, 0.5) is 0 Å². The molecule has 1 aromatic heterocycles. The van der Waals surface area contributed by atoms with Crippen LogP contribution in [0.25, 0.3) is 0 Å². The van der Waals surface area contributed by atoms with Crippen LogP contribution in [0.5, 0.6) is 11.6 Å². The minimum atomic E-state index is -1.73. The number of carbonyl (C=O) groups excluding carboxylic acids is 2. The third kappa shape index (κ3) is 4.58. The Bertz CT molecular complexity index is 762. The van der Waals surface area contributed by atoms with Crippen molar-refractivity contribution in [1.29, 1.82) is 0 Å². The zero-order chi connectivity index (χ0) is 19.3. The minimum absolute atomic E-state index is 0.246. The van der Waals surface area contributed by atoms with Crippen LogP contribution in [0.3, 0.4) is 0 Å². The van der Waals surface area contributed by atoms with E-state index in [0.29, 0.717) is 17.2 Å². The van der Waals surface area contributed by atoms with Gasteiger partial charge in [0.15, 0.2) is 11.7 Å². The fourth-order valence-corrected chi connectivity index (χ4v) is 2.10. The van der Waals surface area contributed by atoms with E-state index in [1.807, 2.05) is 0 Å². The van der Waals surface area contributed by atoms with Crippen LogP contribution in [0, 0.1) is 0 Å². The third-order valence-electron chi connectivity index (χ3n) is 3.61. The lowest BCUT2D eigenvalue weighted by atomic mass is 10.00. The summed E-state index contributed by atoms with van der Waals surface area (Å²) >= 11 is 0. The zero-order valence-electron chi connectivity index (χ0n) is 15.1. The molecule has 0 fully saturated rings. The van der Waals surface area contributed by atoms with Gasteiger partial charge in [-0.3, -0.25) is 4.79 Å². The molecule has 2 rings (SSSR count). The summed E-state index contributed by atoms with van der Waals surface area (Å²) in [5, 5.41) is 9.85. The standard InChI is InChI=1S/C19H21NO6/c1-19(2,23)18(22)26-17(12-5-8-14(24-3)9-6-12)16(21)13-7-10-15(25-4)20-11-13/h5-11,17,23H,1-4H3. The minimum Gasteiger partial charge on any atom is -0.497 e. The molecule has 0 aliphatic carbocycles. The first-order valence-electron chi connectivity index (χ1n) is 7.88. The van der Waals surface area contributed by atoms with Crippen molar-refractivity contribution in [3.05, 3.63) is 53.7 Å². The average molecular weight is 359 g/mol. The highest BCUT2D eigenvalue weighted by molar-refractivity contribution is 6.01. The van der Waals surface area contributed by atoms with Gasteiger partial charge in [0, 0.05) is 23.4 Å². The van der Waals surface area contributed by atoms with Gasteiger partial charge in [0.25, 0.3) is 0 Å². The number of esters is 1. The summed E-state index contributed by atoms with van der Waals surface area (Å²) in [5.41, 5.74) is -1.04. The van der Waals surface area contributed by atoms with Gasteiger partial charge in [-0.2, -0.15) is 0 Å². The Labute approximate surface area is 151 Å². The van der Waals surface area contributed by atoms with Crippen LogP contribution in [0.15, 0.2) is 42.6 Å². The van der Waals surface area contributed by atoms with Gasteiger partial charge in [0.2, 0.25) is 11.7 Å². The van der Waals surface area contributed by atoms with Crippen LogP contribution in [-0.4, -0.2) is 41.7 Å². The van der Waals surface area contributed by atoms with Crippen molar-refractivity contribution in [3.63, 3.8) is 0 Å². The molecule has 1 aromatic carbocycles. The molecule has 1 unspecified atom stereocenters. The average Bonchev–Trinajstić information content (AvgIpc) is 2.64. The van der Waals surface area contributed by atoms with E-state index in [1.54, 1.807) is 24.3 Å². The summed E-state index contributed by atoms with van der Waals surface area (Å²) in [6.07, 6.45) is 0.116. The molecule has 0 radical (unpaired) electrons. The molecule has 7 heteroatoms. The molecular formula is C19H21NO6. The maximum absolute atomic E-state index is 12.9. The first-order chi connectivity index (χ1) is 12.3. The van der Waals surface area contributed by atoms with Gasteiger partial charge in [-0.1, -0.05) is 12.1 Å². The SMILES string of the molecule is COc1ccc(C(OC(=O)C(C)(C)O)C(=O)c2ccc(OC)nc2)cc1. The number of aromatic nitrogens is 1. The van der Waals surface area contributed by atoms with Crippen molar-refractivity contribution in [2.24, 2.45) is 0 Å². The number of aliphatic hydroxyl groups is 1. The molecule has 2 aromatic rings. The van der Waals surface area contributed by atoms with Crippen molar-refractivity contribution in [2.45, 2.75) is 25.6 Å². The van der Waals surface area contributed by atoms with Crippen LogP contribution in [0.1, 0.15) is 35.9 Å². The largest absolute Gasteiger partial charge is 0.497 e. The lowest BCUT2D eigenvalue weighted by molar-refractivity contribution is -0.165. The number of Topliss-reactive ketones (excluding diaryl/α,β-unsaturated/α-hetero) is 1. The van der Waals surface area contributed by atoms with E-state index in [0.717, 1.165) is 0 Å². The maximum Gasteiger partial charge on any atom is 0.338 e.